The molecule has 1 saturated heterocycles. The first kappa shape index (κ1) is 22.0. The zero-order valence-electron chi connectivity index (χ0n) is 17.7. The molecule has 0 radical (unpaired) electrons. The van der Waals surface area contributed by atoms with Crippen molar-refractivity contribution in [1.29, 1.82) is 0 Å². The number of carbonyl (C=O) groups is 1. The molecule has 0 spiro atoms. The number of ether oxygens (including phenoxy) is 2. The molecule has 32 heavy (non-hydrogen) atoms. The van der Waals surface area contributed by atoms with Gasteiger partial charge >= 0.3 is 0 Å². The number of aryl methyl sites for hydroxylation is 1. The molecule has 7 nitrogen and oxygen atoms in total. The molecule has 166 valence electrons. The first-order valence-electron chi connectivity index (χ1n) is 10.3. The minimum absolute atomic E-state index is 0.138. The molecule has 0 aliphatic carbocycles. The van der Waals surface area contributed by atoms with Gasteiger partial charge in [-0.25, -0.2) is 8.42 Å². The van der Waals surface area contributed by atoms with Crippen molar-refractivity contribution in [2.45, 2.75) is 11.8 Å². The minimum Gasteiger partial charge on any atom is -0.457 e. The van der Waals surface area contributed by atoms with Crippen LogP contribution in [0, 0.1) is 6.92 Å². The van der Waals surface area contributed by atoms with Crippen LogP contribution < -0.4 is 10.1 Å². The Morgan fingerprint density at radius 3 is 2.28 bits per heavy atom. The third-order valence-corrected chi connectivity index (χ3v) is 7.17. The van der Waals surface area contributed by atoms with Gasteiger partial charge in [0.15, 0.2) is 0 Å². The summed E-state index contributed by atoms with van der Waals surface area (Å²) in [4.78, 5) is 12.9. The van der Waals surface area contributed by atoms with E-state index >= 15 is 0 Å². The topological polar surface area (TPSA) is 84.9 Å². The number of hydrogen-bond acceptors (Lipinski definition) is 5. The van der Waals surface area contributed by atoms with Crippen molar-refractivity contribution in [1.82, 2.24) is 4.31 Å². The van der Waals surface area contributed by atoms with Gasteiger partial charge in [-0.1, -0.05) is 24.3 Å². The van der Waals surface area contributed by atoms with Gasteiger partial charge in [0.25, 0.3) is 5.91 Å². The largest absolute Gasteiger partial charge is 0.457 e. The molecular weight excluding hydrogens is 428 g/mol. The van der Waals surface area contributed by atoms with Crippen molar-refractivity contribution in [3.63, 3.8) is 0 Å². The highest BCUT2D eigenvalue weighted by atomic mass is 32.2. The first-order valence-corrected chi connectivity index (χ1v) is 11.7. The lowest BCUT2D eigenvalue weighted by Gasteiger charge is -2.26. The predicted octanol–water partition coefficient (Wildman–Crippen LogP) is 4.06. The zero-order chi connectivity index (χ0) is 22.6. The molecule has 1 heterocycles. The summed E-state index contributed by atoms with van der Waals surface area (Å²) >= 11 is 0. The molecule has 4 rings (SSSR count). The Bertz CT molecular complexity index is 1190. The second kappa shape index (κ2) is 9.52. The molecule has 3 aromatic carbocycles. The summed E-state index contributed by atoms with van der Waals surface area (Å²) in [5, 5.41) is 2.80. The fourth-order valence-electron chi connectivity index (χ4n) is 3.38. The molecule has 3 aromatic rings. The Balaban J connectivity index is 1.48. The molecule has 1 aliphatic rings. The van der Waals surface area contributed by atoms with Gasteiger partial charge in [0.1, 0.15) is 11.5 Å². The van der Waals surface area contributed by atoms with Gasteiger partial charge in [0, 0.05) is 24.3 Å². The van der Waals surface area contributed by atoms with Gasteiger partial charge in [-0.2, -0.15) is 4.31 Å². The van der Waals surface area contributed by atoms with Crippen LogP contribution >= 0.6 is 0 Å². The quantitative estimate of drug-likeness (QED) is 0.610. The number of hydrogen-bond donors (Lipinski definition) is 1. The summed E-state index contributed by atoms with van der Waals surface area (Å²) in [6.45, 7) is 3.05. The summed E-state index contributed by atoms with van der Waals surface area (Å²) in [6.07, 6.45) is 0. The fraction of sp³-hybridized carbons (Fsp3) is 0.208. The lowest BCUT2D eigenvalue weighted by atomic mass is 10.1. The molecule has 0 unspecified atom stereocenters. The van der Waals surface area contributed by atoms with E-state index in [1.54, 1.807) is 43.3 Å². The molecule has 0 aromatic heterocycles. The smallest absolute Gasteiger partial charge is 0.255 e. The van der Waals surface area contributed by atoms with E-state index in [2.05, 4.69) is 5.32 Å². The van der Waals surface area contributed by atoms with Gasteiger partial charge in [-0.15, -0.1) is 0 Å². The van der Waals surface area contributed by atoms with Crippen LogP contribution in [0.5, 0.6) is 11.5 Å². The molecule has 1 amide bonds. The molecular formula is C24H24N2O5S. The Morgan fingerprint density at radius 2 is 1.59 bits per heavy atom. The van der Waals surface area contributed by atoms with E-state index in [0.717, 1.165) is 5.75 Å². The Labute approximate surface area is 187 Å². The number of amides is 1. The van der Waals surface area contributed by atoms with E-state index in [0.29, 0.717) is 43.3 Å². The lowest BCUT2D eigenvalue weighted by molar-refractivity contribution is 0.0730. The SMILES string of the molecule is Cc1ccc(C(=O)Nc2ccc(Oc3ccccc3)cc2)cc1S(=O)(=O)N1CCOCC1. The average Bonchev–Trinajstić information content (AvgIpc) is 2.82. The number of anilines is 1. The van der Waals surface area contributed by atoms with Crippen molar-refractivity contribution in [2.24, 2.45) is 0 Å². The number of carbonyl (C=O) groups excluding carboxylic acids is 1. The number of para-hydroxylation sites is 1. The number of morpholine rings is 1. The van der Waals surface area contributed by atoms with Crippen LogP contribution in [-0.2, 0) is 14.8 Å². The Hall–Kier alpha value is -3.20. The number of rotatable bonds is 6. The Kier molecular flexibility index (Phi) is 6.55. The van der Waals surface area contributed by atoms with Crippen LogP contribution in [0.15, 0.2) is 77.7 Å². The van der Waals surface area contributed by atoms with Crippen LogP contribution in [0.3, 0.4) is 0 Å². The summed E-state index contributed by atoms with van der Waals surface area (Å²) < 4.78 is 38.5. The van der Waals surface area contributed by atoms with Crippen LogP contribution in [0.4, 0.5) is 5.69 Å². The number of benzene rings is 3. The van der Waals surface area contributed by atoms with Crippen LogP contribution in [0.2, 0.25) is 0 Å². The monoisotopic (exact) mass is 452 g/mol. The molecule has 0 atom stereocenters. The normalized spacial score (nSPS) is 14.7. The molecule has 8 heteroatoms. The van der Waals surface area contributed by atoms with Crippen LogP contribution in [0.1, 0.15) is 15.9 Å². The van der Waals surface area contributed by atoms with E-state index in [1.807, 2.05) is 30.3 Å². The van der Waals surface area contributed by atoms with Gasteiger partial charge in [0.2, 0.25) is 10.0 Å². The van der Waals surface area contributed by atoms with Crippen LogP contribution in [0.25, 0.3) is 0 Å². The van der Waals surface area contributed by atoms with E-state index in [-0.39, 0.29) is 16.4 Å². The van der Waals surface area contributed by atoms with Gasteiger partial charge < -0.3 is 14.8 Å². The first-order chi connectivity index (χ1) is 15.4. The minimum atomic E-state index is -3.70. The number of nitrogens with zero attached hydrogens (tertiary/aromatic N) is 1. The lowest BCUT2D eigenvalue weighted by Crippen LogP contribution is -2.40. The third kappa shape index (κ3) is 4.99. The highest BCUT2D eigenvalue weighted by molar-refractivity contribution is 7.89. The number of nitrogens with one attached hydrogen (secondary N) is 1. The predicted molar refractivity (Wildman–Crippen MR) is 122 cm³/mol. The number of sulfonamides is 1. The fourth-order valence-corrected chi connectivity index (χ4v) is 5.04. The summed E-state index contributed by atoms with van der Waals surface area (Å²) in [6, 6.07) is 21.1. The summed E-state index contributed by atoms with van der Waals surface area (Å²) in [5.74, 6) is 0.974. The second-order valence-corrected chi connectivity index (χ2v) is 9.30. The van der Waals surface area contributed by atoms with E-state index < -0.39 is 10.0 Å². The highest BCUT2D eigenvalue weighted by Crippen LogP contribution is 2.25. The second-order valence-electron chi connectivity index (χ2n) is 7.39. The molecule has 0 saturated carbocycles. The van der Waals surface area contributed by atoms with Crippen molar-refractivity contribution >= 4 is 21.6 Å². The maximum absolute atomic E-state index is 13.1. The van der Waals surface area contributed by atoms with E-state index in [1.165, 1.54) is 10.4 Å². The van der Waals surface area contributed by atoms with Crippen molar-refractivity contribution < 1.29 is 22.7 Å². The van der Waals surface area contributed by atoms with Crippen molar-refractivity contribution in [3.8, 4) is 11.5 Å². The summed E-state index contributed by atoms with van der Waals surface area (Å²) in [5.41, 5.74) is 1.44. The maximum Gasteiger partial charge on any atom is 0.255 e. The molecule has 1 fully saturated rings. The molecule has 1 aliphatic heterocycles. The Morgan fingerprint density at radius 1 is 0.938 bits per heavy atom. The average molecular weight is 453 g/mol. The zero-order valence-corrected chi connectivity index (χ0v) is 18.5. The highest BCUT2D eigenvalue weighted by Gasteiger charge is 2.28. The molecule has 1 N–H and O–H groups in total. The molecule has 0 bridgehead atoms. The van der Waals surface area contributed by atoms with E-state index in [9.17, 15) is 13.2 Å². The van der Waals surface area contributed by atoms with Crippen molar-refractivity contribution in [2.75, 3.05) is 31.6 Å². The third-order valence-electron chi connectivity index (χ3n) is 5.13. The maximum atomic E-state index is 13.1. The van der Waals surface area contributed by atoms with Crippen LogP contribution in [-0.4, -0.2) is 44.9 Å². The van der Waals surface area contributed by atoms with Crippen molar-refractivity contribution in [3.05, 3.63) is 83.9 Å². The van der Waals surface area contributed by atoms with E-state index in [4.69, 9.17) is 9.47 Å². The standard InChI is InChI=1S/C24H24N2O5S/c1-18-7-8-19(17-23(18)32(28,29)26-13-15-30-16-14-26)24(27)25-20-9-11-22(12-10-20)31-21-5-3-2-4-6-21/h2-12,17H,13-16H2,1H3,(H,25,27). The van der Waals surface area contributed by atoms with Gasteiger partial charge in [0.05, 0.1) is 18.1 Å². The van der Waals surface area contributed by atoms with Gasteiger partial charge in [-0.05, 0) is 61.0 Å². The van der Waals surface area contributed by atoms with Gasteiger partial charge in [-0.3, -0.25) is 4.79 Å². The summed E-state index contributed by atoms with van der Waals surface area (Å²) in [7, 11) is -3.70.